The van der Waals surface area contributed by atoms with Crippen LogP contribution in [0.4, 0.5) is 0 Å². The lowest BCUT2D eigenvalue weighted by Gasteiger charge is -2.57. The zero-order valence-corrected chi connectivity index (χ0v) is 13.1. The third kappa shape index (κ3) is 2.19. The van der Waals surface area contributed by atoms with Crippen LogP contribution in [0.15, 0.2) is 24.3 Å². The van der Waals surface area contributed by atoms with Crippen molar-refractivity contribution in [1.29, 1.82) is 0 Å². The van der Waals surface area contributed by atoms with Gasteiger partial charge in [0.2, 0.25) is 0 Å². The summed E-state index contributed by atoms with van der Waals surface area (Å²) in [7, 11) is 2.33. The van der Waals surface area contributed by atoms with Gasteiger partial charge in [-0.05, 0) is 74.2 Å². The Bertz CT molecular complexity index is 524. The first kappa shape index (κ1) is 13.6. The van der Waals surface area contributed by atoms with Crippen molar-refractivity contribution in [3.05, 3.63) is 29.8 Å². The van der Waals surface area contributed by atoms with Crippen LogP contribution in [0.1, 0.15) is 50.5 Å². The molecule has 21 heavy (non-hydrogen) atoms. The van der Waals surface area contributed by atoms with Gasteiger partial charge in [0, 0.05) is 6.04 Å². The number of benzene rings is 1. The summed E-state index contributed by atoms with van der Waals surface area (Å²) in [6.07, 6.45) is 9.63. The number of hydrogen-bond donors (Lipinski definition) is 1. The summed E-state index contributed by atoms with van der Waals surface area (Å²) < 4.78 is 0. The third-order valence-corrected chi connectivity index (χ3v) is 6.68. The zero-order valence-electron chi connectivity index (χ0n) is 13.1. The average molecular weight is 285 g/mol. The highest BCUT2D eigenvalue weighted by Gasteiger charge is 2.50. The minimum Gasteiger partial charge on any atom is -0.508 e. The Kier molecular flexibility index (Phi) is 3.25. The molecule has 2 unspecified atom stereocenters. The second-order valence-corrected chi connectivity index (χ2v) is 7.75. The van der Waals surface area contributed by atoms with E-state index in [1.54, 1.807) is 6.07 Å². The van der Waals surface area contributed by atoms with Gasteiger partial charge < -0.3 is 10.0 Å². The molecule has 2 aliphatic carbocycles. The summed E-state index contributed by atoms with van der Waals surface area (Å²) in [4.78, 5) is 2.63. The van der Waals surface area contributed by atoms with Crippen LogP contribution in [-0.2, 0) is 5.41 Å². The van der Waals surface area contributed by atoms with Gasteiger partial charge in [0.05, 0.1) is 0 Å². The van der Waals surface area contributed by atoms with Crippen LogP contribution < -0.4 is 0 Å². The summed E-state index contributed by atoms with van der Waals surface area (Å²) in [6.45, 7) is 1.21. The van der Waals surface area contributed by atoms with Crippen LogP contribution in [0.5, 0.6) is 5.75 Å². The number of fused-ring (bicyclic) bond motifs is 4. The maximum atomic E-state index is 9.91. The fraction of sp³-hybridized carbons (Fsp3) is 0.684. The molecule has 1 aliphatic heterocycles. The van der Waals surface area contributed by atoms with Gasteiger partial charge in [-0.3, -0.25) is 0 Å². The van der Waals surface area contributed by atoms with Crippen molar-refractivity contribution in [3.63, 3.8) is 0 Å². The van der Waals surface area contributed by atoms with Gasteiger partial charge in [0.15, 0.2) is 0 Å². The van der Waals surface area contributed by atoms with Crippen molar-refractivity contribution in [3.8, 4) is 5.75 Å². The molecule has 0 amide bonds. The van der Waals surface area contributed by atoms with E-state index in [9.17, 15) is 5.11 Å². The van der Waals surface area contributed by atoms with Gasteiger partial charge in [-0.15, -0.1) is 0 Å². The van der Waals surface area contributed by atoms with E-state index in [0.29, 0.717) is 11.2 Å². The van der Waals surface area contributed by atoms with E-state index in [0.717, 1.165) is 17.9 Å². The van der Waals surface area contributed by atoms with E-state index < -0.39 is 0 Å². The predicted molar refractivity (Wildman–Crippen MR) is 85.5 cm³/mol. The molecule has 1 saturated heterocycles. The summed E-state index contributed by atoms with van der Waals surface area (Å²) in [6, 6.07) is 8.88. The van der Waals surface area contributed by atoms with E-state index in [1.165, 1.54) is 57.1 Å². The summed E-state index contributed by atoms with van der Waals surface area (Å²) in [5, 5.41) is 9.91. The minimum absolute atomic E-state index is 0.328. The Morgan fingerprint density at radius 1 is 1.19 bits per heavy atom. The molecular formula is C19H27NO. The van der Waals surface area contributed by atoms with Crippen molar-refractivity contribution in [1.82, 2.24) is 4.90 Å². The van der Waals surface area contributed by atoms with Crippen molar-refractivity contribution < 1.29 is 5.11 Å². The van der Waals surface area contributed by atoms with Gasteiger partial charge in [-0.2, -0.15) is 0 Å². The molecule has 4 rings (SSSR count). The monoisotopic (exact) mass is 285 g/mol. The second kappa shape index (κ2) is 5.01. The molecule has 2 bridgehead atoms. The van der Waals surface area contributed by atoms with Crippen LogP contribution >= 0.6 is 0 Å². The molecule has 1 N–H and O–H groups in total. The Balaban J connectivity index is 1.72. The molecule has 3 fully saturated rings. The lowest BCUT2D eigenvalue weighted by atomic mass is 9.54. The van der Waals surface area contributed by atoms with Crippen molar-refractivity contribution >= 4 is 0 Å². The van der Waals surface area contributed by atoms with Gasteiger partial charge in [-0.1, -0.05) is 31.4 Å². The first-order chi connectivity index (χ1) is 10.2. The Morgan fingerprint density at radius 2 is 2.05 bits per heavy atom. The predicted octanol–water partition coefficient (Wildman–Crippen LogP) is 3.93. The average Bonchev–Trinajstić information content (AvgIpc) is 2.51. The maximum Gasteiger partial charge on any atom is 0.115 e. The third-order valence-electron chi connectivity index (χ3n) is 6.68. The number of hydrogen-bond acceptors (Lipinski definition) is 2. The SMILES string of the molecule is CN1CCC2(c3cccc(O)c3)CC1[C@H]1CCCC[C@@H]1C2. The van der Waals surface area contributed by atoms with Gasteiger partial charge in [0.1, 0.15) is 5.75 Å². The molecule has 2 nitrogen and oxygen atoms in total. The van der Waals surface area contributed by atoms with E-state index in [2.05, 4.69) is 18.0 Å². The largest absolute Gasteiger partial charge is 0.508 e. The molecule has 1 aromatic carbocycles. The first-order valence-corrected chi connectivity index (χ1v) is 8.68. The normalized spacial score (nSPS) is 39.8. The number of nitrogens with zero attached hydrogens (tertiary/aromatic N) is 1. The number of phenols is 1. The zero-order chi connectivity index (χ0) is 14.4. The minimum atomic E-state index is 0.328. The Hall–Kier alpha value is -1.02. The standard InChI is InChI=1S/C19H27NO/c1-20-10-9-19(15-6-4-7-16(21)11-15)12-14-5-2-3-8-17(14)18(20)13-19/h4,6-7,11,14,17-18,21H,2-3,5,8-10,12-13H2,1H3/t14-,17+,18?,19?/m1/s1. The number of aromatic hydroxyl groups is 1. The molecule has 4 atom stereocenters. The summed E-state index contributed by atoms with van der Waals surface area (Å²) in [5.74, 6) is 2.26. The van der Waals surface area contributed by atoms with Crippen LogP contribution in [-0.4, -0.2) is 29.6 Å². The van der Waals surface area contributed by atoms with Gasteiger partial charge >= 0.3 is 0 Å². The fourth-order valence-corrected chi connectivity index (χ4v) is 5.59. The van der Waals surface area contributed by atoms with E-state index >= 15 is 0 Å². The maximum absolute atomic E-state index is 9.91. The molecule has 1 aromatic rings. The highest BCUT2D eigenvalue weighted by Crippen LogP contribution is 2.54. The van der Waals surface area contributed by atoms with Crippen molar-refractivity contribution in [2.45, 2.75) is 56.4 Å². The van der Waals surface area contributed by atoms with E-state index in [1.807, 2.05) is 12.1 Å². The van der Waals surface area contributed by atoms with E-state index in [-0.39, 0.29) is 0 Å². The number of phenolic OH excluding ortho intramolecular Hbond substituents is 1. The molecule has 2 saturated carbocycles. The van der Waals surface area contributed by atoms with Crippen LogP contribution in [0.3, 0.4) is 0 Å². The highest BCUT2D eigenvalue weighted by atomic mass is 16.3. The second-order valence-electron chi connectivity index (χ2n) is 7.75. The molecule has 0 aromatic heterocycles. The molecule has 114 valence electrons. The molecular weight excluding hydrogens is 258 g/mol. The van der Waals surface area contributed by atoms with E-state index in [4.69, 9.17) is 0 Å². The van der Waals surface area contributed by atoms with Crippen LogP contribution in [0.25, 0.3) is 0 Å². The number of piperidine rings is 1. The molecule has 2 heteroatoms. The summed E-state index contributed by atoms with van der Waals surface area (Å²) >= 11 is 0. The quantitative estimate of drug-likeness (QED) is 0.845. The van der Waals surface area contributed by atoms with Crippen LogP contribution in [0, 0.1) is 11.8 Å². The summed E-state index contributed by atoms with van der Waals surface area (Å²) in [5.41, 5.74) is 1.72. The van der Waals surface area contributed by atoms with Crippen molar-refractivity contribution in [2.75, 3.05) is 13.6 Å². The number of likely N-dealkylation sites (tertiary alicyclic amines) is 1. The van der Waals surface area contributed by atoms with Gasteiger partial charge in [0.25, 0.3) is 0 Å². The topological polar surface area (TPSA) is 23.5 Å². The van der Waals surface area contributed by atoms with Crippen LogP contribution in [0.2, 0.25) is 0 Å². The Labute approximate surface area is 128 Å². The smallest absolute Gasteiger partial charge is 0.115 e. The first-order valence-electron chi connectivity index (χ1n) is 8.68. The lowest BCUT2D eigenvalue weighted by molar-refractivity contribution is -0.0260. The van der Waals surface area contributed by atoms with Crippen molar-refractivity contribution in [2.24, 2.45) is 11.8 Å². The Morgan fingerprint density at radius 3 is 2.90 bits per heavy atom. The molecule has 1 heterocycles. The fourth-order valence-electron chi connectivity index (χ4n) is 5.59. The lowest BCUT2D eigenvalue weighted by Crippen LogP contribution is -2.57. The molecule has 3 aliphatic rings. The molecule has 0 spiro atoms. The molecule has 0 radical (unpaired) electrons. The van der Waals surface area contributed by atoms with Gasteiger partial charge in [-0.25, -0.2) is 0 Å². The highest BCUT2D eigenvalue weighted by molar-refractivity contribution is 5.35. The number of rotatable bonds is 1.